The number of carbonyl (C=O) groups is 2. The van der Waals surface area contributed by atoms with Crippen LogP contribution in [0.15, 0.2) is 30.8 Å². The quantitative estimate of drug-likeness (QED) is 0.522. The van der Waals surface area contributed by atoms with Crippen LogP contribution in [-0.2, 0) is 14.0 Å². The third kappa shape index (κ3) is 4.61. The molecule has 1 fully saturated rings. The van der Waals surface area contributed by atoms with Crippen LogP contribution in [0, 0.1) is 0 Å². The van der Waals surface area contributed by atoms with Gasteiger partial charge in [0.15, 0.2) is 8.32 Å². The van der Waals surface area contributed by atoms with Crippen LogP contribution in [0.4, 0.5) is 0 Å². The first kappa shape index (κ1) is 21.6. The molecular formula is C21H31BNO3Si. The van der Waals surface area contributed by atoms with Crippen molar-refractivity contribution in [3.63, 3.8) is 0 Å². The van der Waals surface area contributed by atoms with Crippen LogP contribution in [0.3, 0.4) is 0 Å². The van der Waals surface area contributed by atoms with E-state index in [2.05, 4.69) is 46.5 Å². The Morgan fingerprint density at radius 2 is 2.00 bits per heavy atom. The summed E-state index contributed by atoms with van der Waals surface area (Å²) >= 11 is 0. The van der Waals surface area contributed by atoms with E-state index in [9.17, 15) is 9.59 Å². The zero-order chi connectivity index (χ0) is 20.4. The third-order valence-electron chi connectivity index (χ3n) is 5.97. The molecule has 0 aliphatic carbocycles. The molecule has 145 valence electrons. The summed E-state index contributed by atoms with van der Waals surface area (Å²) in [7, 11) is -0.618. The number of benzene rings is 1. The summed E-state index contributed by atoms with van der Waals surface area (Å²) in [6.45, 7) is 17.5. The third-order valence-corrected chi connectivity index (χ3v) is 10.5. The van der Waals surface area contributed by atoms with Crippen molar-refractivity contribution in [3.05, 3.63) is 42.0 Å². The Labute approximate surface area is 165 Å². The summed E-state index contributed by atoms with van der Waals surface area (Å²) in [6, 6.07) is 7.90. The molecule has 0 saturated carbocycles. The Balaban J connectivity index is 2.37. The molecular weight excluding hydrogens is 353 g/mol. The molecule has 0 unspecified atom stereocenters. The summed E-state index contributed by atoms with van der Waals surface area (Å²) in [5, 5.41) is 0.0833. The maximum atomic E-state index is 12.6. The van der Waals surface area contributed by atoms with Crippen molar-refractivity contribution in [2.45, 2.75) is 64.2 Å². The topological polar surface area (TPSA) is 46.6 Å². The predicted molar refractivity (Wildman–Crippen MR) is 115 cm³/mol. The van der Waals surface area contributed by atoms with Gasteiger partial charge in [0.2, 0.25) is 5.91 Å². The summed E-state index contributed by atoms with van der Waals surface area (Å²) in [5.74, 6) is -0.0566. The first-order chi connectivity index (χ1) is 12.5. The maximum absolute atomic E-state index is 12.6. The number of rotatable bonds is 7. The van der Waals surface area contributed by atoms with Crippen LogP contribution in [0.1, 0.15) is 51.2 Å². The van der Waals surface area contributed by atoms with Gasteiger partial charge in [-0.1, -0.05) is 57.2 Å². The van der Waals surface area contributed by atoms with E-state index in [-0.39, 0.29) is 22.9 Å². The molecule has 4 nitrogen and oxygen atoms in total. The van der Waals surface area contributed by atoms with Crippen molar-refractivity contribution in [1.29, 1.82) is 0 Å². The molecule has 1 radical (unpaired) electrons. The minimum atomic E-state index is -1.97. The second-order valence-electron chi connectivity index (χ2n) is 8.90. The first-order valence-corrected chi connectivity index (χ1v) is 12.4. The van der Waals surface area contributed by atoms with E-state index in [1.165, 1.54) is 7.41 Å². The summed E-state index contributed by atoms with van der Waals surface area (Å²) in [5.41, 5.74) is 3.14. The normalized spacial score (nSPS) is 20.7. The van der Waals surface area contributed by atoms with Gasteiger partial charge >= 0.3 is 7.41 Å². The van der Waals surface area contributed by atoms with Crippen LogP contribution in [0.2, 0.25) is 18.1 Å². The van der Waals surface area contributed by atoms with Crippen LogP contribution in [0.5, 0.6) is 0 Å². The highest BCUT2D eigenvalue weighted by Gasteiger charge is 2.44. The second kappa shape index (κ2) is 8.15. The maximum Gasteiger partial charge on any atom is 0.331 e. The minimum absolute atomic E-state index is 0.0219. The molecule has 1 aliphatic rings. The number of hydrogen-bond donors (Lipinski definition) is 0. The van der Waals surface area contributed by atoms with Gasteiger partial charge in [-0.25, -0.2) is 0 Å². The van der Waals surface area contributed by atoms with Crippen LogP contribution < -0.4 is 0 Å². The van der Waals surface area contributed by atoms with E-state index in [1.54, 1.807) is 4.81 Å². The summed E-state index contributed by atoms with van der Waals surface area (Å²) < 4.78 is 6.44. The van der Waals surface area contributed by atoms with Crippen molar-refractivity contribution in [3.8, 4) is 0 Å². The molecule has 0 aromatic heterocycles. The second-order valence-corrected chi connectivity index (χ2v) is 13.7. The lowest BCUT2D eigenvalue weighted by molar-refractivity contribution is -0.124. The number of amides is 1. The first-order valence-electron chi connectivity index (χ1n) is 9.48. The highest BCUT2D eigenvalue weighted by atomic mass is 28.4. The molecule has 1 aromatic rings. The molecule has 0 N–H and O–H groups in total. The molecule has 27 heavy (non-hydrogen) atoms. The molecule has 1 aromatic carbocycles. The van der Waals surface area contributed by atoms with Crippen LogP contribution >= 0.6 is 0 Å². The van der Waals surface area contributed by atoms with Crippen molar-refractivity contribution < 1.29 is 14.0 Å². The zero-order valence-electron chi connectivity index (χ0n) is 17.4. The van der Waals surface area contributed by atoms with Gasteiger partial charge in [-0.3, -0.25) is 4.79 Å². The fourth-order valence-corrected chi connectivity index (χ4v) is 4.32. The van der Waals surface area contributed by atoms with Crippen LogP contribution in [0.25, 0.3) is 5.57 Å². The average Bonchev–Trinajstić information content (AvgIpc) is 2.88. The average molecular weight is 384 g/mol. The lowest BCUT2D eigenvalue weighted by atomic mass is 9.85. The van der Waals surface area contributed by atoms with Crippen molar-refractivity contribution >= 4 is 33.4 Å². The van der Waals surface area contributed by atoms with E-state index in [4.69, 9.17) is 4.43 Å². The lowest BCUT2D eigenvalue weighted by Gasteiger charge is -2.39. The van der Waals surface area contributed by atoms with E-state index >= 15 is 0 Å². The van der Waals surface area contributed by atoms with Crippen molar-refractivity contribution in [1.82, 2.24) is 4.81 Å². The molecule has 2 rings (SSSR count). The number of carbonyl (C=O) groups excluding carboxylic acids is 2. The standard InChI is InChI=1S/C21H31BNO3Si/c1-15(2)16-10-8-9-11-17(16)18-12-20(25)23(22-14-24)19(18)13-26-27(6,7)21(3,4)5/h8-11,14,18-19H,1,12-13H2,2-7H3/t18-,19-/m1/s1. The molecule has 0 bridgehead atoms. The van der Waals surface area contributed by atoms with Gasteiger partial charge in [0.1, 0.15) is 6.19 Å². The Morgan fingerprint density at radius 1 is 1.37 bits per heavy atom. The number of hydrogen-bond acceptors (Lipinski definition) is 3. The van der Waals surface area contributed by atoms with Gasteiger partial charge in [-0.15, -0.1) is 0 Å². The molecule has 1 amide bonds. The Bertz CT molecular complexity index is 726. The fraction of sp³-hybridized carbons (Fsp3) is 0.524. The van der Waals surface area contributed by atoms with Gasteiger partial charge in [-0.2, -0.15) is 0 Å². The van der Waals surface area contributed by atoms with Crippen LogP contribution in [-0.4, -0.2) is 45.3 Å². The van der Waals surface area contributed by atoms with E-state index in [0.29, 0.717) is 19.2 Å². The smallest absolute Gasteiger partial charge is 0.331 e. The summed E-state index contributed by atoms with van der Waals surface area (Å²) in [6.07, 6.45) is 1.06. The monoisotopic (exact) mass is 384 g/mol. The Kier molecular flexibility index (Phi) is 6.53. The Morgan fingerprint density at radius 3 is 2.56 bits per heavy atom. The van der Waals surface area contributed by atoms with Crippen molar-refractivity contribution in [2.24, 2.45) is 0 Å². The highest BCUT2D eigenvalue weighted by Crippen LogP contribution is 2.40. The van der Waals surface area contributed by atoms with Crippen molar-refractivity contribution in [2.75, 3.05) is 6.61 Å². The number of allylic oxidation sites excluding steroid dienone is 1. The largest absolute Gasteiger partial charge is 0.415 e. The summed E-state index contributed by atoms with van der Waals surface area (Å²) in [4.78, 5) is 25.3. The van der Waals surface area contributed by atoms with E-state index in [1.807, 2.05) is 25.1 Å². The molecule has 1 heterocycles. The molecule has 2 atom stereocenters. The predicted octanol–water partition coefficient (Wildman–Crippen LogP) is 4.24. The zero-order valence-corrected chi connectivity index (χ0v) is 18.4. The van der Waals surface area contributed by atoms with Gasteiger partial charge in [0.25, 0.3) is 0 Å². The van der Waals surface area contributed by atoms with Gasteiger partial charge in [0.05, 0.1) is 6.61 Å². The van der Waals surface area contributed by atoms with E-state index < -0.39 is 8.32 Å². The minimum Gasteiger partial charge on any atom is -0.415 e. The van der Waals surface area contributed by atoms with Gasteiger partial charge < -0.3 is 14.0 Å². The lowest BCUT2D eigenvalue weighted by Crippen LogP contribution is -2.47. The van der Waals surface area contributed by atoms with Gasteiger partial charge in [-0.05, 0) is 36.2 Å². The molecule has 0 spiro atoms. The molecule has 1 saturated heterocycles. The van der Waals surface area contributed by atoms with Gasteiger partial charge in [0, 0.05) is 18.4 Å². The highest BCUT2D eigenvalue weighted by molar-refractivity contribution is 6.74. The van der Waals surface area contributed by atoms with E-state index in [0.717, 1.165) is 16.7 Å². The Hall–Kier alpha value is -1.66. The number of nitrogens with zero attached hydrogens (tertiary/aromatic N) is 1. The fourth-order valence-electron chi connectivity index (χ4n) is 3.30. The SMILES string of the molecule is C=C(C)c1ccccc1[C@H]1CC(=O)N([B]C=O)[C@@H]1CO[Si](C)(C)C(C)(C)C. The molecule has 6 heteroatoms. The molecule has 1 aliphatic heterocycles.